The normalized spacial score (nSPS) is 18.5. The summed E-state index contributed by atoms with van der Waals surface area (Å²) in [5.41, 5.74) is 4.18. The summed E-state index contributed by atoms with van der Waals surface area (Å²) >= 11 is 0. The molecule has 10 nitrogen and oxygen atoms in total. The predicted octanol–water partition coefficient (Wildman–Crippen LogP) is 4.06. The Kier molecular flexibility index (Phi) is 11.6. The van der Waals surface area contributed by atoms with E-state index in [2.05, 4.69) is 9.44 Å². The molecule has 48 heavy (non-hydrogen) atoms. The molecule has 0 amide bonds. The van der Waals surface area contributed by atoms with E-state index in [4.69, 9.17) is 9.47 Å². The molecule has 0 fully saturated rings. The number of ether oxygens (including phenoxy) is 2. The standard InChI is InChI=1S/2C18H21NO4S/c2*1-13-6-9-15(10-7-13)24(21,22)19-16(12-20)18-11-8-14-4-2-3-5-17(14)23-18/h2*2-7,9-10,16,18-20H,8,11-12H2,1H3/t2*16-,18+/m00/s1. The van der Waals surface area contributed by atoms with E-state index in [1.807, 2.05) is 62.4 Å². The topological polar surface area (TPSA) is 151 Å². The van der Waals surface area contributed by atoms with Crippen LogP contribution in [0.15, 0.2) is 107 Å². The number of rotatable bonds is 10. The summed E-state index contributed by atoms with van der Waals surface area (Å²) in [6, 6.07) is 27.2. The Bertz CT molecular complexity index is 1740. The first kappa shape index (κ1) is 35.5. The minimum atomic E-state index is -3.71. The molecule has 0 aliphatic carbocycles. The molecule has 2 heterocycles. The van der Waals surface area contributed by atoms with Gasteiger partial charge in [-0.25, -0.2) is 26.3 Å². The van der Waals surface area contributed by atoms with Crippen molar-refractivity contribution in [1.29, 1.82) is 0 Å². The summed E-state index contributed by atoms with van der Waals surface area (Å²) in [6.45, 7) is 3.15. The highest BCUT2D eigenvalue weighted by atomic mass is 32.2. The van der Waals surface area contributed by atoms with Crippen molar-refractivity contribution in [3.8, 4) is 11.5 Å². The van der Waals surface area contributed by atoms with Gasteiger partial charge in [0, 0.05) is 0 Å². The second kappa shape index (κ2) is 15.6. The highest BCUT2D eigenvalue weighted by Crippen LogP contribution is 2.30. The van der Waals surface area contributed by atoms with Gasteiger partial charge in [0.05, 0.1) is 35.1 Å². The highest BCUT2D eigenvalue weighted by molar-refractivity contribution is 7.89. The van der Waals surface area contributed by atoms with Gasteiger partial charge in [0.1, 0.15) is 23.7 Å². The molecule has 4 aromatic rings. The van der Waals surface area contributed by atoms with Crippen LogP contribution in [0.1, 0.15) is 35.1 Å². The quantitative estimate of drug-likeness (QED) is 0.194. The molecule has 0 aromatic heterocycles. The molecule has 0 radical (unpaired) electrons. The number of para-hydroxylation sites is 2. The Morgan fingerprint density at radius 1 is 0.604 bits per heavy atom. The molecule has 4 N–H and O–H groups in total. The molecule has 0 saturated carbocycles. The van der Waals surface area contributed by atoms with Crippen LogP contribution < -0.4 is 18.9 Å². The van der Waals surface area contributed by atoms with Crippen molar-refractivity contribution in [2.75, 3.05) is 13.2 Å². The van der Waals surface area contributed by atoms with Crippen LogP contribution in [-0.2, 0) is 32.9 Å². The molecule has 0 unspecified atom stereocenters. The molecule has 2 aliphatic rings. The van der Waals surface area contributed by atoms with Gasteiger partial charge in [-0.05, 0) is 87.1 Å². The van der Waals surface area contributed by atoms with E-state index >= 15 is 0 Å². The van der Waals surface area contributed by atoms with Crippen molar-refractivity contribution >= 4 is 20.0 Å². The Labute approximate surface area is 282 Å². The lowest BCUT2D eigenvalue weighted by molar-refractivity contribution is 0.103. The molecule has 2 aliphatic heterocycles. The molecule has 0 spiro atoms. The molecule has 6 rings (SSSR count). The first-order valence-electron chi connectivity index (χ1n) is 15.9. The molecular weight excluding hydrogens is 653 g/mol. The van der Waals surface area contributed by atoms with Gasteiger partial charge in [-0.2, -0.15) is 0 Å². The van der Waals surface area contributed by atoms with E-state index < -0.39 is 44.3 Å². The molecule has 4 aromatic carbocycles. The SMILES string of the molecule is Cc1ccc(S(=O)(=O)N[C@@H](CO)[C@H]2CCc3ccccc3O2)cc1.Cc1ccc(S(=O)(=O)N[C@@H](CO)[C@H]2CCc3ccccc3O2)cc1. The van der Waals surface area contributed by atoms with Crippen LogP contribution >= 0.6 is 0 Å². The van der Waals surface area contributed by atoms with Gasteiger partial charge in [0.15, 0.2) is 0 Å². The lowest BCUT2D eigenvalue weighted by Gasteiger charge is -2.31. The van der Waals surface area contributed by atoms with E-state index in [-0.39, 0.29) is 23.0 Å². The van der Waals surface area contributed by atoms with E-state index in [1.54, 1.807) is 48.5 Å². The summed E-state index contributed by atoms with van der Waals surface area (Å²) in [5.74, 6) is 1.50. The maximum absolute atomic E-state index is 12.5. The third kappa shape index (κ3) is 8.81. The Hall–Kier alpha value is -3.78. The number of aliphatic hydroxyl groups excluding tert-OH is 2. The third-order valence-electron chi connectivity index (χ3n) is 8.46. The zero-order valence-corrected chi connectivity index (χ0v) is 28.6. The van der Waals surface area contributed by atoms with Crippen molar-refractivity contribution in [2.24, 2.45) is 0 Å². The lowest BCUT2D eigenvalue weighted by atomic mass is 9.98. The fraction of sp³-hybridized carbons (Fsp3) is 0.333. The number of nitrogens with one attached hydrogen (secondary N) is 2. The summed E-state index contributed by atoms with van der Waals surface area (Å²) in [4.78, 5) is 0.366. The summed E-state index contributed by atoms with van der Waals surface area (Å²) in [6.07, 6.45) is 2.10. The van der Waals surface area contributed by atoms with E-state index in [9.17, 15) is 27.0 Å². The van der Waals surface area contributed by atoms with Crippen LogP contribution in [0.3, 0.4) is 0 Å². The number of aliphatic hydroxyl groups is 2. The van der Waals surface area contributed by atoms with Crippen LogP contribution in [-0.4, -0.2) is 64.6 Å². The van der Waals surface area contributed by atoms with Crippen LogP contribution in [0.4, 0.5) is 0 Å². The summed E-state index contributed by atoms with van der Waals surface area (Å²) in [7, 11) is -7.41. The fourth-order valence-corrected chi connectivity index (χ4v) is 8.20. The van der Waals surface area contributed by atoms with Crippen molar-refractivity contribution in [2.45, 2.75) is 73.6 Å². The summed E-state index contributed by atoms with van der Waals surface area (Å²) < 4.78 is 67.0. The third-order valence-corrected chi connectivity index (χ3v) is 11.5. The maximum atomic E-state index is 12.5. The van der Waals surface area contributed by atoms with Gasteiger partial charge < -0.3 is 19.7 Å². The molecule has 4 atom stereocenters. The highest BCUT2D eigenvalue weighted by Gasteiger charge is 2.32. The Morgan fingerprint density at radius 3 is 1.31 bits per heavy atom. The lowest BCUT2D eigenvalue weighted by Crippen LogP contribution is -2.49. The molecule has 0 saturated heterocycles. The van der Waals surface area contributed by atoms with Gasteiger partial charge in [0.2, 0.25) is 20.0 Å². The monoisotopic (exact) mass is 694 g/mol. The second-order valence-electron chi connectivity index (χ2n) is 12.1. The Morgan fingerprint density at radius 2 is 0.958 bits per heavy atom. The minimum Gasteiger partial charge on any atom is -0.488 e. The van der Waals surface area contributed by atoms with Gasteiger partial charge >= 0.3 is 0 Å². The fourth-order valence-electron chi connectivity index (χ4n) is 5.69. The number of aryl methyl sites for hydroxylation is 4. The predicted molar refractivity (Wildman–Crippen MR) is 183 cm³/mol. The second-order valence-corrected chi connectivity index (χ2v) is 15.5. The van der Waals surface area contributed by atoms with Crippen LogP contribution in [0.5, 0.6) is 11.5 Å². The van der Waals surface area contributed by atoms with Crippen molar-refractivity contribution < 1.29 is 36.5 Å². The number of sulfonamides is 2. The van der Waals surface area contributed by atoms with E-state index in [0.717, 1.165) is 46.6 Å². The van der Waals surface area contributed by atoms with Crippen molar-refractivity contribution in [3.63, 3.8) is 0 Å². The molecule has 12 heteroatoms. The minimum absolute atomic E-state index is 0.183. The molecule has 0 bridgehead atoms. The van der Waals surface area contributed by atoms with Crippen LogP contribution in [0.2, 0.25) is 0 Å². The molecular formula is C36H42N2O8S2. The first-order chi connectivity index (χ1) is 23.0. The number of hydrogen-bond donors (Lipinski definition) is 4. The van der Waals surface area contributed by atoms with Gasteiger partial charge in [0.25, 0.3) is 0 Å². The average molecular weight is 695 g/mol. The smallest absolute Gasteiger partial charge is 0.241 e. The largest absolute Gasteiger partial charge is 0.488 e. The van der Waals surface area contributed by atoms with Crippen LogP contribution in [0, 0.1) is 13.8 Å². The Balaban J connectivity index is 0.000000188. The number of benzene rings is 4. The van der Waals surface area contributed by atoms with Gasteiger partial charge in [-0.1, -0.05) is 71.8 Å². The van der Waals surface area contributed by atoms with E-state index in [0.29, 0.717) is 12.8 Å². The number of fused-ring (bicyclic) bond motifs is 2. The number of hydrogen-bond acceptors (Lipinski definition) is 8. The van der Waals surface area contributed by atoms with Crippen molar-refractivity contribution in [1.82, 2.24) is 9.44 Å². The van der Waals surface area contributed by atoms with Gasteiger partial charge in [-0.3, -0.25) is 0 Å². The zero-order chi connectivity index (χ0) is 34.3. The average Bonchev–Trinajstić information content (AvgIpc) is 3.10. The summed E-state index contributed by atoms with van der Waals surface area (Å²) in [5, 5.41) is 19.3. The van der Waals surface area contributed by atoms with Crippen LogP contribution in [0.25, 0.3) is 0 Å². The maximum Gasteiger partial charge on any atom is 0.241 e. The zero-order valence-electron chi connectivity index (χ0n) is 27.0. The first-order valence-corrected chi connectivity index (χ1v) is 18.8. The van der Waals surface area contributed by atoms with Gasteiger partial charge in [-0.15, -0.1) is 0 Å². The van der Waals surface area contributed by atoms with E-state index in [1.165, 1.54) is 0 Å². The van der Waals surface area contributed by atoms with Crippen molar-refractivity contribution in [3.05, 3.63) is 119 Å². The molecule has 256 valence electrons.